The summed E-state index contributed by atoms with van der Waals surface area (Å²) in [5.41, 5.74) is 0. The smallest absolute Gasteiger partial charge is 1.00 e. The molecule has 5 heteroatoms. The van der Waals surface area contributed by atoms with Crippen LogP contribution in [0.15, 0.2) is 23.3 Å². The summed E-state index contributed by atoms with van der Waals surface area (Å²) in [6, 6.07) is 0. The van der Waals surface area contributed by atoms with Crippen molar-refractivity contribution in [2.75, 3.05) is 0 Å². The number of halogens is 2. The third-order valence-corrected chi connectivity index (χ3v) is 0.347. The summed E-state index contributed by atoms with van der Waals surface area (Å²) in [4.78, 5) is 3.56. The molecular formula is C3H3Cl2MgNO. The van der Waals surface area contributed by atoms with Gasteiger partial charge in [-0.3, -0.25) is 0 Å². The van der Waals surface area contributed by atoms with Crippen molar-refractivity contribution in [2.45, 2.75) is 0 Å². The van der Waals surface area contributed by atoms with E-state index in [0.29, 0.717) is 0 Å². The molecule has 0 aliphatic rings. The van der Waals surface area contributed by atoms with E-state index in [9.17, 15) is 0 Å². The van der Waals surface area contributed by atoms with Crippen molar-refractivity contribution in [3.63, 3.8) is 0 Å². The molecule has 8 heavy (non-hydrogen) atoms. The number of oxazole rings is 1. The standard InChI is InChI=1S/C3H3NO.2ClH.Mg/c1-2-5-3-4-1;;;/h1-3H;2*1H;/q;;;+2/p-2. The van der Waals surface area contributed by atoms with Gasteiger partial charge in [0, 0.05) is 0 Å². The van der Waals surface area contributed by atoms with Gasteiger partial charge in [0.1, 0.15) is 6.26 Å². The van der Waals surface area contributed by atoms with Gasteiger partial charge in [-0.05, 0) is 0 Å². The second kappa shape index (κ2) is 10.5. The van der Waals surface area contributed by atoms with E-state index in [4.69, 9.17) is 0 Å². The summed E-state index contributed by atoms with van der Waals surface area (Å²) in [5, 5.41) is 0. The van der Waals surface area contributed by atoms with Gasteiger partial charge in [-0.25, -0.2) is 4.98 Å². The molecule has 42 valence electrons. The Hall–Kier alpha value is 0.556. The van der Waals surface area contributed by atoms with Crippen LogP contribution in [0.3, 0.4) is 0 Å². The Bertz CT molecular complexity index is 73.8. The van der Waals surface area contributed by atoms with Gasteiger partial charge in [0.15, 0.2) is 6.39 Å². The molecule has 0 N–H and O–H groups in total. The van der Waals surface area contributed by atoms with Crippen molar-refractivity contribution in [1.82, 2.24) is 4.98 Å². The average molecular weight is 164 g/mol. The van der Waals surface area contributed by atoms with E-state index >= 15 is 0 Å². The van der Waals surface area contributed by atoms with Crippen molar-refractivity contribution in [1.29, 1.82) is 0 Å². The molecule has 0 bridgehead atoms. The van der Waals surface area contributed by atoms with Crippen LogP contribution in [0.25, 0.3) is 0 Å². The van der Waals surface area contributed by atoms with Gasteiger partial charge in [-0.1, -0.05) is 0 Å². The van der Waals surface area contributed by atoms with E-state index in [1.54, 1.807) is 6.20 Å². The van der Waals surface area contributed by atoms with Crippen molar-refractivity contribution in [3.05, 3.63) is 18.9 Å². The van der Waals surface area contributed by atoms with Gasteiger partial charge >= 0.3 is 23.1 Å². The molecule has 0 saturated heterocycles. The zero-order valence-corrected chi connectivity index (χ0v) is 6.98. The van der Waals surface area contributed by atoms with Crippen molar-refractivity contribution in [2.24, 2.45) is 0 Å². The summed E-state index contributed by atoms with van der Waals surface area (Å²) in [7, 11) is 0. The van der Waals surface area contributed by atoms with Crippen LogP contribution in [-0.2, 0) is 0 Å². The normalized spacial score (nSPS) is 5.00. The second-order valence-electron chi connectivity index (χ2n) is 0.676. The van der Waals surface area contributed by atoms with E-state index in [0.717, 1.165) is 0 Å². The maximum absolute atomic E-state index is 4.47. The summed E-state index contributed by atoms with van der Waals surface area (Å²) in [5.74, 6) is 0. The Kier molecular flexibility index (Phi) is 20.8. The maximum atomic E-state index is 4.47. The number of aromatic nitrogens is 1. The Balaban J connectivity index is -0.0000000833. The number of rotatable bonds is 0. The predicted octanol–water partition coefficient (Wildman–Crippen LogP) is -5.70. The molecule has 0 radical (unpaired) electrons. The largest absolute Gasteiger partial charge is 2.00 e. The predicted molar refractivity (Wildman–Crippen MR) is 22.3 cm³/mol. The first kappa shape index (κ1) is 15.8. The van der Waals surface area contributed by atoms with Gasteiger partial charge in [0.05, 0.1) is 6.20 Å². The Morgan fingerprint density at radius 2 is 1.88 bits per heavy atom. The van der Waals surface area contributed by atoms with E-state index in [1.807, 2.05) is 0 Å². The minimum Gasteiger partial charge on any atom is -1.00 e. The molecule has 0 aromatic carbocycles. The molecule has 1 aromatic rings. The Labute approximate surface area is 76.0 Å². The van der Waals surface area contributed by atoms with Gasteiger partial charge in [-0.2, -0.15) is 0 Å². The van der Waals surface area contributed by atoms with Crippen LogP contribution in [-0.4, -0.2) is 28.0 Å². The van der Waals surface area contributed by atoms with Gasteiger partial charge in [0.2, 0.25) is 0 Å². The SMILES string of the molecule is [Cl-].[Cl-].[Mg+2].c1cocn1. The molecule has 0 aliphatic carbocycles. The molecule has 0 atom stereocenters. The van der Waals surface area contributed by atoms with Gasteiger partial charge in [0.25, 0.3) is 0 Å². The zero-order valence-electron chi connectivity index (χ0n) is 4.05. The van der Waals surface area contributed by atoms with Crippen LogP contribution in [0, 0.1) is 0 Å². The molecule has 1 aromatic heterocycles. The first-order chi connectivity index (χ1) is 2.50. The average Bonchev–Trinajstić information content (AvgIpc) is 1.76. The minimum atomic E-state index is 0. The topological polar surface area (TPSA) is 26.0 Å². The first-order valence-corrected chi connectivity index (χ1v) is 1.32. The van der Waals surface area contributed by atoms with Crippen molar-refractivity contribution in [3.8, 4) is 0 Å². The minimum absolute atomic E-state index is 0. The number of hydrogen-bond acceptors (Lipinski definition) is 2. The maximum Gasteiger partial charge on any atom is 2.00 e. The summed E-state index contributed by atoms with van der Waals surface area (Å²) < 4.78 is 4.47. The Morgan fingerprint density at radius 3 is 2.00 bits per heavy atom. The van der Waals surface area contributed by atoms with Crippen LogP contribution in [0.2, 0.25) is 0 Å². The summed E-state index contributed by atoms with van der Waals surface area (Å²) >= 11 is 0. The number of nitrogens with zero attached hydrogens (tertiary/aromatic N) is 1. The van der Waals surface area contributed by atoms with E-state index in [2.05, 4.69) is 9.40 Å². The third-order valence-electron chi connectivity index (χ3n) is 0.347. The molecule has 0 fully saturated rings. The Morgan fingerprint density at radius 1 is 1.25 bits per heavy atom. The third kappa shape index (κ3) is 6.56. The fraction of sp³-hybridized carbons (Fsp3) is 0. The molecule has 2 nitrogen and oxygen atoms in total. The second-order valence-corrected chi connectivity index (χ2v) is 0.676. The zero-order chi connectivity index (χ0) is 3.54. The molecular weight excluding hydrogens is 161 g/mol. The first-order valence-electron chi connectivity index (χ1n) is 1.32. The van der Waals surface area contributed by atoms with Crippen molar-refractivity contribution >= 4 is 23.1 Å². The monoisotopic (exact) mass is 163 g/mol. The molecule has 0 aliphatic heterocycles. The van der Waals surface area contributed by atoms with Crippen LogP contribution in [0.1, 0.15) is 0 Å². The number of hydrogen-bond donors (Lipinski definition) is 0. The van der Waals surface area contributed by atoms with Crippen LogP contribution < -0.4 is 24.8 Å². The quantitative estimate of drug-likeness (QED) is 0.357. The summed E-state index contributed by atoms with van der Waals surface area (Å²) in [6.45, 7) is 0. The fourth-order valence-electron chi connectivity index (χ4n) is 0.176. The molecule has 0 saturated carbocycles. The van der Waals surface area contributed by atoms with Crippen LogP contribution >= 0.6 is 0 Å². The molecule has 0 amide bonds. The molecule has 1 heterocycles. The van der Waals surface area contributed by atoms with Gasteiger partial charge in [-0.15, -0.1) is 0 Å². The van der Waals surface area contributed by atoms with E-state index < -0.39 is 0 Å². The molecule has 1 rings (SSSR count). The van der Waals surface area contributed by atoms with E-state index in [-0.39, 0.29) is 47.9 Å². The van der Waals surface area contributed by atoms with Crippen LogP contribution in [0.5, 0.6) is 0 Å². The summed E-state index contributed by atoms with van der Waals surface area (Å²) in [6.07, 6.45) is 4.47. The fourth-order valence-corrected chi connectivity index (χ4v) is 0.176. The molecule has 0 spiro atoms. The van der Waals surface area contributed by atoms with Gasteiger partial charge < -0.3 is 29.2 Å². The molecule has 0 unspecified atom stereocenters. The van der Waals surface area contributed by atoms with Crippen molar-refractivity contribution < 1.29 is 29.2 Å². The van der Waals surface area contributed by atoms with Crippen LogP contribution in [0.4, 0.5) is 0 Å². The van der Waals surface area contributed by atoms with E-state index in [1.165, 1.54) is 12.7 Å².